The number of hydrogen-bond donors (Lipinski definition) is 3. The van der Waals surface area contributed by atoms with E-state index in [-0.39, 0.29) is 25.0 Å². The van der Waals surface area contributed by atoms with Crippen molar-refractivity contribution in [2.24, 2.45) is 28.8 Å². The zero-order chi connectivity index (χ0) is 48.6. The van der Waals surface area contributed by atoms with Gasteiger partial charge >= 0.3 is 23.9 Å². The maximum atomic E-state index is 14.5. The van der Waals surface area contributed by atoms with Crippen molar-refractivity contribution in [3.8, 4) is 12.3 Å². The van der Waals surface area contributed by atoms with Crippen molar-refractivity contribution in [2.75, 3.05) is 20.7 Å². The number of ether oxygens (including phenoxy) is 8. The minimum Gasteiger partial charge on any atom is -0.459 e. The average molecular weight is 913 g/mol. The van der Waals surface area contributed by atoms with Gasteiger partial charge in [0.25, 0.3) is 0 Å². The summed E-state index contributed by atoms with van der Waals surface area (Å²) in [7, 11) is 3.34. The molecule has 0 bridgehead atoms. The zero-order valence-corrected chi connectivity index (χ0v) is 40.5. The van der Waals surface area contributed by atoms with Crippen molar-refractivity contribution in [2.45, 2.75) is 206 Å². The molecule has 18 heteroatoms. The van der Waals surface area contributed by atoms with E-state index in [1.54, 1.807) is 48.5 Å². The zero-order valence-electron chi connectivity index (χ0n) is 40.5. The largest absolute Gasteiger partial charge is 0.459 e. The van der Waals surface area contributed by atoms with Crippen molar-refractivity contribution in [3.63, 3.8) is 0 Å². The summed E-state index contributed by atoms with van der Waals surface area (Å²) in [6, 6.07) is -0.428. The Balaban J connectivity index is 2.33. The number of aliphatic hydroxyl groups is 3. The molecule has 3 N–H and O–H groups in total. The van der Waals surface area contributed by atoms with E-state index in [9.17, 15) is 34.5 Å². The Bertz CT molecular complexity index is 1670. The second-order valence-electron chi connectivity index (χ2n) is 18.8. The number of nitrogens with zero attached hydrogens (tertiary/aromatic N) is 2. The molecule has 18 atom stereocenters. The second kappa shape index (κ2) is 23.0. The molecule has 3 rings (SSSR count). The fraction of sp³-hybridized carbons (Fsp3) is 0.848. The van der Waals surface area contributed by atoms with E-state index in [1.165, 1.54) is 34.8 Å². The third-order valence-corrected chi connectivity index (χ3v) is 13.2. The van der Waals surface area contributed by atoms with E-state index in [0.717, 1.165) is 6.92 Å². The molecule has 3 heterocycles. The van der Waals surface area contributed by atoms with Gasteiger partial charge in [0.05, 0.1) is 53.8 Å². The highest BCUT2D eigenvalue weighted by atomic mass is 16.7. The van der Waals surface area contributed by atoms with Crippen molar-refractivity contribution < 1.29 is 77.2 Å². The molecule has 0 spiro atoms. The van der Waals surface area contributed by atoms with Gasteiger partial charge in [-0.15, -0.1) is 12.3 Å². The van der Waals surface area contributed by atoms with Crippen LogP contribution in [0.5, 0.6) is 0 Å². The predicted molar refractivity (Wildman–Crippen MR) is 232 cm³/mol. The lowest BCUT2D eigenvalue weighted by atomic mass is 9.73. The molecule has 64 heavy (non-hydrogen) atoms. The standard InChI is InChI=1S/C46H76N2O16/c1-17-19-20-48(15)33-21-25(4)57-43(38(33)59-30(9)49)63-40-27(6)37(62-35-23-45(13,56-16)41(29(8)58-35)60-31(10)50)28(7)42(53)61-34(18-2)46(14,55)39(52)26(5)36(47-64-32(11)51)24(3)22-44(40,12)54/h1,24-29,33-35,37-41,43,52,54-55H,18-23H2,2-16H3/t24-,25-,26+,27+,28-,29+,33+,34-,35+,37?,38-,39-,40-,41+,43?,44-,45-,46-/m1/s1. The molecule has 0 aliphatic carbocycles. The number of carbonyl (C=O) groups excluding carboxylic acids is 4. The smallest absolute Gasteiger partial charge is 0.331 e. The van der Waals surface area contributed by atoms with E-state index in [4.69, 9.17) is 49.2 Å². The van der Waals surface area contributed by atoms with Crippen LogP contribution in [0.15, 0.2) is 5.16 Å². The Morgan fingerprint density at radius 2 is 1.53 bits per heavy atom. The monoisotopic (exact) mass is 913 g/mol. The van der Waals surface area contributed by atoms with Gasteiger partial charge < -0.3 is 58.1 Å². The molecule has 0 radical (unpaired) electrons. The molecule has 3 aliphatic rings. The third-order valence-electron chi connectivity index (χ3n) is 13.2. The number of methoxy groups -OCH3 is 1. The molecule has 366 valence electrons. The molecule has 0 aromatic heterocycles. The summed E-state index contributed by atoms with van der Waals surface area (Å²) in [6.45, 7) is 20.7. The maximum Gasteiger partial charge on any atom is 0.331 e. The SMILES string of the molecule is C#CCCN(C)[C@H]1C[C@@H](C)OC(O[C@@H]2[C@@H](C)C(O[C@H]3C[C@@](C)(OC)[C@@H](OC(C)=O)[C@H](C)O3)[C@@H](C)C(=O)O[C@H](CC)[C@@](C)(O)[C@H](O)[C@@H](C)C(=NOC(C)=O)[C@H](C)C[C@@]2(C)O)[C@@H]1OC(C)=O. The number of terminal acetylenes is 1. The highest BCUT2D eigenvalue weighted by Gasteiger charge is 2.54. The Labute approximate surface area is 379 Å². The van der Waals surface area contributed by atoms with Gasteiger partial charge in [-0.25, -0.2) is 4.79 Å². The maximum absolute atomic E-state index is 14.5. The molecule has 0 aromatic rings. The van der Waals surface area contributed by atoms with E-state index < -0.39 is 132 Å². The lowest BCUT2D eigenvalue weighted by Gasteiger charge is -2.50. The Kier molecular flexibility index (Phi) is 19.8. The van der Waals surface area contributed by atoms with Crippen LogP contribution in [0.25, 0.3) is 0 Å². The Hall–Kier alpha value is -3.25. The molecular formula is C46H76N2O16. The van der Waals surface area contributed by atoms with E-state index >= 15 is 0 Å². The van der Waals surface area contributed by atoms with Gasteiger partial charge in [0.15, 0.2) is 24.8 Å². The third kappa shape index (κ3) is 13.4. The number of hydrogen-bond acceptors (Lipinski definition) is 18. The first-order valence-electron chi connectivity index (χ1n) is 22.4. The van der Waals surface area contributed by atoms with Crippen LogP contribution in [-0.2, 0) is 61.9 Å². The van der Waals surface area contributed by atoms with Crippen LogP contribution >= 0.6 is 0 Å². The van der Waals surface area contributed by atoms with Gasteiger partial charge in [0.1, 0.15) is 17.3 Å². The summed E-state index contributed by atoms with van der Waals surface area (Å²) in [5, 5.41) is 40.9. The first-order valence-corrected chi connectivity index (χ1v) is 22.4. The number of oxime groups is 1. The Morgan fingerprint density at radius 3 is 2.08 bits per heavy atom. The molecule has 3 aliphatic heterocycles. The average Bonchev–Trinajstić information content (AvgIpc) is 3.20. The minimum absolute atomic E-state index is 0.0333. The van der Waals surface area contributed by atoms with Crippen molar-refractivity contribution in [1.29, 1.82) is 0 Å². The minimum atomic E-state index is -2.06. The van der Waals surface area contributed by atoms with Gasteiger partial charge in [-0.2, -0.15) is 0 Å². The summed E-state index contributed by atoms with van der Waals surface area (Å²) in [6.07, 6.45) is -4.31. The molecule has 3 saturated heterocycles. The highest BCUT2D eigenvalue weighted by Crippen LogP contribution is 2.42. The van der Waals surface area contributed by atoms with Crippen LogP contribution in [0.3, 0.4) is 0 Å². The van der Waals surface area contributed by atoms with Crippen LogP contribution in [0.4, 0.5) is 0 Å². The Morgan fingerprint density at radius 1 is 0.906 bits per heavy atom. The molecular weight excluding hydrogens is 837 g/mol. The molecule has 2 unspecified atom stereocenters. The topological polar surface area (TPSA) is 228 Å². The summed E-state index contributed by atoms with van der Waals surface area (Å²) in [5.41, 5.74) is -4.95. The first-order chi connectivity index (χ1) is 29.6. The number of likely N-dealkylation sites (N-methyl/N-ethyl adjacent to an activating group) is 1. The molecule has 18 nitrogen and oxygen atoms in total. The number of esters is 3. The highest BCUT2D eigenvalue weighted by molar-refractivity contribution is 5.89. The van der Waals surface area contributed by atoms with E-state index in [0.29, 0.717) is 19.4 Å². The predicted octanol–water partition coefficient (Wildman–Crippen LogP) is 3.67. The van der Waals surface area contributed by atoms with Gasteiger partial charge in [-0.3, -0.25) is 19.3 Å². The fourth-order valence-corrected chi connectivity index (χ4v) is 9.73. The van der Waals surface area contributed by atoms with Gasteiger partial charge in [-0.1, -0.05) is 32.9 Å². The number of carbonyl (C=O) groups is 4. The van der Waals surface area contributed by atoms with Crippen molar-refractivity contribution in [3.05, 3.63) is 0 Å². The first kappa shape index (κ1) is 55.1. The van der Waals surface area contributed by atoms with E-state index in [1.807, 2.05) is 18.9 Å². The van der Waals surface area contributed by atoms with E-state index in [2.05, 4.69) is 11.1 Å². The lowest BCUT2D eigenvalue weighted by Crippen LogP contribution is -2.62. The number of rotatable bonds is 12. The van der Waals surface area contributed by atoms with Crippen molar-refractivity contribution >= 4 is 29.6 Å². The van der Waals surface area contributed by atoms with Crippen LogP contribution in [0.1, 0.15) is 122 Å². The molecule has 3 fully saturated rings. The van der Waals surface area contributed by atoms with Crippen LogP contribution < -0.4 is 0 Å². The van der Waals surface area contributed by atoms with Crippen LogP contribution in [0.2, 0.25) is 0 Å². The van der Waals surface area contributed by atoms with Crippen molar-refractivity contribution in [1.82, 2.24) is 4.90 Å². The van der Waals surface area contributed by atoms with Gasteiger partial charge in [0, 0.05) is 65.0 Å². The summed E-state index contributed by atoms with van der Waals surface area (Å²) in [5.74, 6) is -3.93. The quantitative estimate of drug-likeness (QED) is 0.0835. The molecule has 0 aromatic carbocycles. The summed E-state index contributed by atoms with van der Waals surface area (Å²) in [4.78, 5) is 58.6. The number of aliphatic hydroxyl groups excluding tert-OH is 1. The lowest BCUT2D eigenvalue weighted by molar-refractivity contribution is -0.319. The second-order valence-corrected chi connectivity index (χ2v) is 18.8. The van der Waals surface area contributed by atoms with Gasteiger partial charge in [0.2, 0.25) is 0 Å². The molecule has 0 amide bonds. The van der Waals surface area contributed by atoms with Crippen LogP contribution in [0, 0.1) is 36.0 Å². The van der Waals surface area contributed by atoms with Gasteiger partial charge in [-0.05, 0) is 67.9 Å². The summed E-state index contributed by atoms with van der Waals surface area (Å²) >= 11 is 0. The summed E-state index contributed by atoms with van der Waals surface area (Å²) < 4.78 is 50.1. The van der Waals surface area contributed by atoms with Crippen LogP contribution in [-0.4, -0.2) is 155 Å². The number of cyclic esters (lactones) is 1. The normalized spacial score (nSPS) is 42.2. The fourth-order valence-electron chi connectivity index (χ4n) is 9.73. The molecule has 0 saturated carbocycles.